The van der Waals surface area contributed by atoms with Gasteiger partial charge in [0.25, 0.3) is 0 Å². The van der Waals surface area contributed by atoms with Gasteiger partial charge in [0.05, 0.1) is 13.4 Å². The fraction of sp³-hybridized carbons (Fsp3) is 0.968. The lowest BCUT2D eigenvalue weighted by molar-refractivity contribution is -0.141. The largest absolute Gasteiger partial charge is 0.469 e. The van der Waals surface area contributed by atoms with Crippen molar-refractivity contribution < 1.29 is 17.9 Å². The second kappa shape index (κ2) is 12.3. The second-order valence-electron chi connectivity index (χ2n) is 14.6. The third-order valence-corrected chi connectivity index (χ3v) is 12.7. The Bertz CT molecular complexity index is 957. The number of fused-ring (bicyclic) bond motifs is 5. The third-order valence-electron chi connectivity index (χ3n) is 12.0. The number of nitrogens with one attached hydrogen (secondary N) is 3. The molecule has 226 valence electrons. The molecule has 0 aliphatic heterocycles. The molecule has 5 unspecified atom stereocenters. The van der Waals surface area contributed by atoms with Gasteiger partial charge in [-0.25, -0.2) is 13.1 Å². The maximum Gasteiger partial charge on any atom is 0.305 e. The molecule has 3 N–H and O–H groups in total. The van der Waals surface area contributed by atoms with E-state index in [4.69, 9.17) is 4.74 Å². The topological polar surface area (TPSA) is 96.5 Å². The Morgan fingerprint density at radius 3 is 2.33 bits per heavy atom. The van der Waals surface area contributed by atoms with Crippen LogP contribution in [0.2, 0.25) is 0 Å². The molecule has 0 amide bonds. The number of sulfonamides is 1. The molecule has 0 radical (unpaired) electrons. The molecule has 4 aliphatic carbocycles. The predicted molar refractivity (Wildman–Crippen MR) is 158 cm³/mol. The Kier molecular flexibility index (Phi) is 9.83. The van der Waals surface area contributed by atoms with Crippen LogP contribution in [-0.2, 0) is 19.6 Å². The Morgan fingerprint density at radius 2 is 1.67 bits per heavy atom. The first-order valence-electron chi connectivity index (χ1n) is 15.8. The maximum absolute atomic E-state index is 12.7. The standard InChI is InChI=1S/C31H57N3O4S/c1-20(2)32-16-17-33-23-12-14-30(4)22(18-23)19-27(34-39(7,36)37)29-25-10-9-24(21(3)8-11-28(35)38-6)31(25,5)15-13-26(29)30/h20-27,29,32-34H,8-19H2,1-7H3/t21-,22-,23?,24-,25?,26?,27?,29?,30+,31-/m1/s1. The molecule has 4 saturated carbocycles. The van der Waals surface area contributed by atoms with Crippen LogP contribution in [0.15, 0.2) is 0 Å². The summed E-state index contributed by atoms with van der Waals surface area (Å²) >= 11 is 0. The molecule has 0 aromatic heterocycles. The summed E-state index contributed by atoms with van der Waals surface area (Å²) < 4.78 is 33.4. The summed E-state index contributed by atoms with van der Waals surface area (Å²) in [6.45, 7) is 13.7. The normalized spacial score (nSPS) is 41.0. The highest BCUT2D eigenvalue weighted by atomic mass is 32.2. The summed E-state index contributed by atoms with van der Waals surface area (Å²) in [5.74, 6) is 2.99. The highest BCUT2D eigenvalue weighted by Crippen LogP contribution is 2.68. The zero-order valence-corrected chi connectivity index (χ0v) is 26.5. The highest BCUT2D eigenvalue weighted by molar-refractivity contribution is 7.88. The molecule has 0 aromatic rings. The average molecular weight is 568 g/mol. The van der Waals surface area contributed by atoms with Crippen LogP contribution in [0.25, 0.3) is 0 Å². The van der Waals surface area contributed by atoms with Gasteiger partial charge in [-0.3, -0.25) is 4.79 Å². The molecular formula is C31H57N3O4S. The average Bonchev–Trinajstić information content (AvgIpc) is 3.21. The number of esters is 1. The van der Waals surface area contributed by atoms with Gasteiger partial charge in [0.2, 0.25) is 10.0 Å². The van der Waals surface area contributed by atoms with Crippen LogP contribution >= 0.6 is 0 Å². The van der Waals surface area contributed by atoms with Crippen LogP contribution in [-0.4, -0.2) is 59.0 Å². The van der Waals surface area contributed by atoms with Crippen LogP contribution in [0.4, 0.5) is 0 Å². The predicted octanol–water partition coefficient (Wildman–Crippen LogP) is 4.72. The van der Waals surface area contributed by atoms with E-state index in [2.05, 4.69) is 50.0 Å². The van der Waals surface area contributed by atoms with Crippen molar-refractivity contribution in [3.05, 3.63) is 0 Å². The molecule has 39 heavy (non-hydrogen) atoms. The quantitative estimate of drug-likeness (QED) is 0.247. The van der Waals surface area contributed by atoms with Crippen molar-refractivity contribution in [1.29, 1.82) is 0 Å². The number of carbonyl (C=O) groups is 1. The Morgan fingerprint density at radius 1 is 0.974 bits per heavy atom. The van der Waals surface area contributed by atoms with E-state index in [0.717, 1.165) is 32.4 Å². The van der Waals surface area contributed by atoms with Crippen molar-refractivity contribution >= 4 is 16.0 Å². The molecule has 8 heteroatoms. The van der Waals surface area contributed by atoms with E-state index in [-0.39, 0.29) is 22.8 Å². The van der Waals surface area contributed by atoms with E-state index in [1.807, 2.05) is 0 Å². The minimum absolute atomic E-state index is 0.0261. The number of rotatable bonds is 11. The van der Waals surface area contributed by atoms with Crippen molar-refractivity contribution in [1.82, 2.24) is 15.4 Å². The van der Waals surface area contributed by atoms with E-state index < -0.39 is 10.0 Å². The summed E-state index contributed by atoms with van der Waals surface area (Å²) in [6, 6.07) is 1.05. The number of ether oxygens (including phenoxy) is 1. The lowest BCUT2D eigenvalue weighted by Gasteiger charge is -2.63. The Hall–Kier alpha value is -0.700. The maximum atomic E-state index is 12.7. The molecule has 4 rings (SSSR count). The summed E-state index contributed by atoms with van der Waals surface area (Å²) in [4.78, 5) is 11.9. The monoisotopic (exact) mass is 567 g/mol. The van der Waals surface area contributed by atoms with Gasteiger partial charge in [-0.05, 0) is 104 Å². The highest BCUT2D eigenvalue weighted by Gasteiger charge is 2.63. The number of carbonyl (C=O) groups excluding carboxylic acids is 1. The van der Waals surface area contributed by atoms with Gasteiger partial charge >= 0.3 is 5.97 Å². The van der Waals surface area contributed by atoms with Crippen molar-refractivity contribution in [3.8, 4) is 0 Å². The van der Waals surface area contributed by atoms with Gasteiger partial charge in [-0.15, -0.1) is 0 Å². The minimum atomic E-state index is -3.30. The van der Waals surface area contributed by atoms with Gasteiger partial charge in [-0.2, -0.15) is 0 Å². The summed E-state index contributed by atoms with van der Waals surface area (Å²) in [6.07, 6.45) is 12.1. The first-order chi connectivity index (χ1) is 18.3. The van der Waals surface area contributed by atoms with Gasteiger partial charge in [0.1, 0.15) is 0 Å². The Labute approximate surface area is 238 Å². The fourth-order valence-corrected chi connectivity index (χ4v) is 10.9. The van der Waals surface area contributed by atoms with E-state index in [0.29, 0.717) is 54.0 Å². The lowest BCUT2D eigenvalue weighted by atomic mass is 9.43. The molecule has 0 heterocycles. The van der Waals surface area contributed by atoms with Crippen LogP contribution in [0.1, 0.15) is 98.8 Å². The number of hydrogen-bond acceptors (Lipinski definition) is 6. The molecule has 4 fully saturated rings. The molecule has 4 aliphatic rings. The van der Waals surface area contributed by atoms with Crippen molar-refractivity contribution in [3.63, 3.8) is 0 Å². The Balaban J connectivity index is 1.52. The lowest BCUT2D eigenvalue weighted by Crippen LogP contribution is -2.62. The van der Waals surface area contributed by atoms with Gasteiger partial charge in [-0.1, -0.05) is 34.6 Å². The zero-order valence-electron chi connectivity index (χ0n) is 25.7. The SMILES string of the molecule is COC(=O)CC[C@@H](C)[C@H]1CCC2C3C(NS(C)(=O)=O)C[C@H]4CC(NCCNC(C)C)CC[C@]4(C)C3CC[C@@]21C. The first kappa shape index (κ1) is 31.2. The molecule has 0 bridgehead atoms. The van der Waals surface area contributed by atoms with Crippen LogP contribution in [0.3, 0.4) is 0 Å². The first-order valence-corrected chi connectivity index (χ1v) is 17.7. The van der Waals surface area contributed by atoms with Crippen molar-refractivity contribution in [2.45, 2.75) is 117 Å². The van der Waals surface area contributed by atoms with Gasteiger partial charge in [0, 0.05) is 37.6 Å². The molecule has 10 atom stereocenters. The smallest absolute Gasteiger partial charge is 0.305 e. The van der Waals surface area contributed by atoms with Crippen LogP contribution in [0.5, 0.6) is 0 Å². The van der Waals surface area contributed by atoms with Crippen molar-refractivity contribution in [2.24, 2.45) is 46.3 Å². The summed E-state index contributed by atoms with van der Waals surface area (Å²) in [7, 11) is -1.82. The van der Waals surface area contributed by atoms with E-state index in [9.17, 15) is 13.2 Å². The second-order valence-corrected chi connectivity index (χ2v) is 16.4. The third kappa shape index (κ3) is 6.70. The van der Waals surface area contributed by atoms with Crippen LogP contribution in [0, 0.1) is 46.3 Å². The number of hydrogen-bond donors (Lipinski definition) is 3. The van der Waals surface area contributed by atoms with Crippen LogP contribution < -0.4 is 15.4 Å². The number of methoxy groups -OCH3 is 1. The van der Waals surface area contributed by atoms with E-state index >= 15 is 0 Å². The molecular weight excluding hydrogens is 510 g/mol. The fourth-order valence-electron chi connectivity index (χ4n) is 10.1. The van der Waals surface area contributed by atoms with Gasteiger partial charge < -0.3 is 15.4 Å². The zero-order chi connectivity index (χ0) is 28.6. The minimum Gasteiger partial charge on any atom is -0.469 e. The van der Waals surface area contributed by atoms with E-state index in [1.54, 1.807) is 0 Å². The molecule has 0 saturated heterocycles. The van der Waals surface area contributed by atoms with E-state index in [1.165, 1.54) is 51.9 Å². The summed E-state index contributed by atoms with van der Waals surface area (Å²) in [5, 5.41) is 7.32. The van der Waals surface area contributed by atoms with Gasteiger partial charge in [0.15, 0.2) is 0 Å². The summed E-state index contributed by atoms with van der Waals surface area (Å²) in [5.41, 5.74) is 0.490. The molecule has 0 spiro atoms. The molecule has 7 nitrogen and oxygen atoms in total. The molecule has 0 aromatic carbocycles. The van der Waals surface area contributed by atoms with Crippen molar-refractivity contribution in [2.75, 3.05) is 26.5 Å².